The average molecular weight is 305 g/mol. The zero-order valence-electron chi connectivity index (χ0n) is 11.4. The number of nitro benzene ring substituents is 1. The third-order valence-corrected chi connectivity index (χ3v) is 2.87. The molecular weight excluding hydrogens is 294 g/mol. The Kier molecular flexibility index (Phi) is 4.11. The maximum Gasteiger partial charge on any atom is 0.320 e. The van der Waals surface area contributed by atoms with Crippen LogP contribution in [0.1, 0.15) is 17.4 Å². The summed E-state index contributed by atoms with van der Waals surface area (Å²) >= 11 is 0. The maximum absolute atomic E-state index is 12.2. The quantitative estimate of drug-likeness (QED) is 0.663. The van der Waals surface area contributed by atoms with Crippen molar-refractivity contribution in [1.29, 1.82) is 0 Å². The topological polar surface area (TPSA) is 133 Å². The van der Waals surface area contributed by atoms with Crippen molar-refractivity contribution >= 4 is 23.0 Å². The van der Waals surface area contributed by atoms with Gasteiger partial charge in [0.25, 0.3) is 11.6 Å². The molecular formula is C12H11N5O5. The van der Waals surface area contributed by atoms with Gasteiger partial charge in [-0.15, -0.1) is 0 Å². The number of hydrogen-bond donors (Lipinski definition) is 1. The minimum absolute atomic E-state index is 0.123. The molecule has 0 saturated carbocycles. The standard InChI is InChI=1S/C12H11N5O5/c1-2-15-11(10(7-13-15)17(21)22)12(18)14-8-3-5-9(6-4-8)16(19)20/h3-7H,2H2,1H3,(H,14,18). The van der Waals surface area contributed by atoms with E-state index in [9.17, 15) is 25.0 Å². The van der Waals surface area contributed by atoms with Gasteiger partial charge in [0.05, 0.1) is 9.85 Å². The summed E-state index contributed by atoms with van der Waals surface area (Å²) in [7, 11) is 0. The highest BCUT2D eigenvalue weighted by atomic mass is 16.6. The number of amides is 1. The smallest absolute Gasteiger partial charge is 0.320 e. The van der Waals surface area contributed by atoms with Gasteiger partial charge >= 0.3 is 5.69 Å². The molecule has 0 unspecified atom stereocenters. The zero-order valence-corrected chi connectivity index (χ0v) is 11.4. The molecule has 10 heteroatoms. The van der Waals surface area contributed by atoms with Crippen LogP contribution in [0.15, 0.2) is 30.5 Å². The summed E-state index contributed by atoms with van der Waals surface area (Å²) in [6, 6.07) is 5.13. The third-order valence-electron chi connectivity index (χ3n) is 2.87. The van der Waals surface area contributed by atoms with Crippen molar-refractivity contribution in [3.63, 3.8) is 0 Å². The number of anilines is 1. The van der Waals surface area contributed by atoms with Gasteiger partial charge in [0.2, 0.25) is 5.69 Å². The lowest BCUT2D eigenvalue weighted by molar-refractivity contribution is -0.385. The molecule has 1 aromatic carbocycles. The normalized spacial score (nSPS) is 10.2. The molecule has 0 saturated heterocycles. The Hall–Kier alpha value is -3.30. The molecule has 2 rings (SSSR count). The molecule has 1 aromatic heterocycles. The van der Waals surface area contributed by atoms with E-state index in [-0.39, 0.29) is 23.6 Å². The molecule has 0 spiro atoms. The van der Waals surface area contributed by atoms with Gasteiger partial charge in [0, 0.05) is 24.4 Å². The number of carbonyl (C=O) groups excluding carboxylic acids is 1. The number of non-ortho nitro benzene ring substituents is 1. The average Bonchev–Trinajstić information content (AvgIpc) is 2.92. The number of nitro groups is 2. The van der Waals surface area contributed by atoms with E-state index in [0.717, 1.165) is 6.20 Å². The van der Waals surface area contributed by atoms with Crippen molar-refractivity contribution in [3.05, 3.63) is 56.4 Å². The number of rotatable bonds is 5. The fourth-order valence-corrected chi connectivity index (χ4v) is 1.84. The van der Waals surface area contributed by atoms with Crippen molar-refractivity contribution in [2.75, 3.05) is 5.32 Å². The van der Waals surface area contributed by atoms with Gasteiger partial charge in [0.1, 0.15) is 6.20 Å². The second-order valence-corrected chi connectivity index (χ2v) is 4.21. The van der Waals surface area contributed by atoms with E-state index in [2.05, 4.69) is 10.4 Å². The van der Waals surface area contributed by atoms with Crippen molar-refractivity contribution in [2.24, 2.45) is 0 Å². The number of nitrogens with zero attached hydrogens (tertiary/aromatic N) is 4. The molecule has 0 atom stereocenters. The Bertz CT molecular complexity index is 737. The van der Waals surface area contributed by atoms with Crippen LogP contribution < -0.4 is 5.32 Å². The van der Waals surface area contributed by atoms with E-state index in [4.69, 9.17) is 0 Å². The molecule has 2 aromatic rings. The van der Waals surface area contributed by atoms with Crippen molar-refractivity contribution in [1.82, 2.24) is 9.78 Å². The molecule has 22 heavy (non-hydrogen) atoms. The van der Waals surface area contributed by atoms with Crippen LogP contribution in [0.25, 0.3) is 0 Å². The number of carbonyl (C=O) groups is 1. The van der Waals surface area contributed by atoms with E-state index >= 15 is 0 Å². The molecule has 1 amide bonds. The van der Waals surface area contributed by atoms with Crippen LogP contribution in [0.3, 0.4) is 0 Å². The number of aromatic nitrogens is 2. The van der Waals surface area contributed by atoms with Gasteiger partial charge in [-0.1, -0.05) is 0 Å². The second-order valence-electron chi connectivity index (χ2n) is 4.21. The Morgan fingerprint density at radius 2 is 1.86 bits per heavy atom. The highest BCUT2D eigenvalue weighted by Gasteiger charge is 2.26. The number of benzene rings is 1. The largest absolute Gasteiger partial charge is 0.320 e. The lowest BCUT2D eigenvalue weighted by atomic mass is 10.2. The van der Waals surface area contributed by atoms with Gasteiger partial charge < -0.3 is 5.32 Å². The number of hydrogen-bond acceptors (Lipinski definition) is 6. The molecule has 1 N–H and O–H groups in total. The summed E-state index contributed by atoms with van der Waals surface area (Å²) in [4.78, 5) is 32.4. The minimum atomic E-state index is -0.708. The Balaban J connectivity index is 2.27. The fraction of sp³-hybridized carbons (Fsp3) is 0.167. The highest BCUT2D eigenvalue weighted by Crippen LogP contribution is 2.21. The van der Waals surface area contributed by atoms with Crippen LogP contribution in [-0.4, -0.2) is 25.5 Å². The monoisotopic (exact) mass is 305 g/mol. The first kappa shape index (κ1) is 15.1. The SMILES string of the molecule is CCn1ncc([N+](=O)[O-])c1C(=O)Nc1ccc([N+](=O)[O-])cc1. The highest BCUT2D eigenvalue weighted by molar-refractivity contribution is 6.05. The summed E-state index contributed by atoms with van der Waals surface area (Å²) in [6.45, 7) is 1.98. The molecule has 0 radical (unpaired) electrons. The summed E-state index contributed by atoms with van der Waals surface area (Å²) in [5.41, 5.74) is -0.413. The Morgan fingerprint density at radius 1 is 1.23 bits per heavy atom. The van der Waals surface area contributed by atoms with E-state index in [1.165, 1.54) is 28.9 Å². The van der Waals surface area contributed by atoms with E-state index in [1.54, 1.807) is 6.92 Å². The predicted molar refractivity (Wildman–Crippen MR) is 75.6 cm³/mol. The van der Waals surface area contributed by atoms with Crippen LogP contribution >= 0.6 is 0 Å². The van der Waals surface area contributed by atoms with Crippen molar-refractivity contribution in [2.45, 2.75) is 13.5 Å². The molecule has 10 nitrogen and oxygen atoms in total. The Morgan fingerprint density at radius 3 is 2.36 bits per heavy atom. The first-order valence-corrected chi connectivity index (χ1v) is 6.20. The van der Waals surface area contributed by atoms with Crippen molar-refractivity contribution < 1.29 is 14.6 Å². The van der Waals surface area contributed by atoms with Gasteiger partial charge in [-0.25, -0.2) is 0 Å². The first-order valence-electron chi connectivity index (χ1n) is 6.20. The summed E-state index contributed by atoms with van der Waals surface area (Å²) < 4.78 is 1.21. The second kappa shape index (κ2) is 5.99. The maximum atomic E-state index is 12.2. The van der Waals surface area contributed by atoms with E-state index < -0.39 is 21.4 Å². The van der Waals surface area contributed by atoms with Gasteiger partial charge in [-0.05, 0) is 19.1 Å². The van der Waals surface area contributed by atoms with Crippen LogP contribution in [0, 0.1) is 20.2 Å². The zero-order chi connectivity index (χ0) is 16.3. The molecule has 1 heterocycles. The van der Waals surface area contributed by atoms with Crippen molar-refractivity contribution in [3.8, 4) is 0 Å². The van der Waals surface area contributed by atoms with Gasteiger partial charge in [0.15, 0.2) is 0 Å². The lowest BCUT2D eigenvalue weighted by Crippen LogP contribution is -2.18. The third kappa shape index (κ3) is 2.90. The molecule has 0 fully saturated rings. The van der Waals surface area contributed by atoms with Gasteiger partial charge in [-0.3, -0.25) is 29.7 Å². The van der Waals surface area contributed by atoms with Crippen LogP contribution in [0.4, 0.5) is 17.1 Å². The Labute approximate surface area is 123 Å². The lowest BCUT2D eigenvalue weighted by Gasteiger charge is -2.06. The summed E-state index contributed by atoms with van der Waals surface area (Å²) in [5, 5.41) is 27.7. The summed E-state index contributed by atoms with van der Waals surface area (Å²) in [6.07, 6.45) is 1.01. The van der Waals surface area contributed by atoms with Crippen LogP contribution in [0.5, 0.6) is 0 Å². The molecule has 0 aliphatic carbocycles. The van der Waals surface area contributed by atoms with Crippen LogP contribution in [-0.2, 0) is 6.54 Å². The number of nitrogens with one attached hydrogen (secondary N) is 1. The number of aryl methyl sites for hydroxylation is 1. The first-order chi connectivity index (χ1) is 10.4. The minimum Gasteiger partial charge on any atom is -0.320 e. The molecule has 0 aliphatic heterocycles. The molecule has 0 bridgehead atoms. The molecule has 114 valence electrons. The predicted octanol–water partition coefficient (Wildman–Crippen LogP) is 1.97. The van der Waals surface area contributed by atoms with E-state index in [1.807, 2.05) is 0 Å². The fourth-order valence-electron chi connectivity index (χ4n) is 1.84. The van der Waals surface area contributed by atoms with Gasteiger partial charge in [-0.2, -0.15) is 5.10 Å². The van der Waals surface area contributed by atoms with Crippen LogP contribution in [0.2, 0.25) is 0 Å². The van der Waals surface area contributed by atoms with E-state index in [0.29, 0.717) is 0 Å². The molecule has 0 aliphatic rings. The summed E-state index contributed by atoms with van der Waals surface area (Å²) in [5.74, 6) is -0.708.